The Morgan fingerprint density at radius 1 is 1.18 bits per heavy atom. The third kappa shape index (κ3) is 2.05. The average Bonchev–Trinajstić information content (AvgIpc) is 2.74. The van der Waals surface area contributed by atoms with Crippen molar-refractivity contribution in [1.82, 2.24) is 10.9 Å². The van der Waals surface area contributed by atoms with E-state index in [9.17, 15) is 0 Å². The van der Waals surface area contributed by atoms with Gasteiger partial charge in [-0.2, -0.15) is 0 Å². The molecule has 92 valence electrons. The van der Waals surface area contributed by atoms with Crippen LogP contribution in [-0.2, 0) is 4.74 Å². The summed E-state index contributed by atoms with van der Waals surface area (Å²) in [6.07, 6.45) is 12.8. The summed E-state index contributed by atoms with van der Waals surface area (Å²) < 4.78 is 6.17. The lowest BCUT2D eigenvalue weighted by Gasteiger charge is -2.28. The summed E-state index contributed by atoms with van der Waals surface area (Å²) in [5.41, 5.74) is 14.0. The number of fused-ring (bicyclic) bond motifs is 1. The molecule has 0 aromatic carbocycles. The van der Waals surface area contributed by atoms with Gasteiger partial charge in [0.1, 0.15) is 11.9 Å². The Morgan fingerprint density at radius 3 is 2.82 bits per heavy atom. The Balaban J connectivity index is 1.72. The molecule has 0 amide bonds. The first-order valence-electron chi connectivity index (χ1n) is 6.40. The molecule has 0 aromatic rings. The van der Waals surface area contributed by atoms with Crippen LogP contribution in [0.4, 0.5) is 0 Å². The maximum absolute atomic E-state index is 6.17. The number of allylic oxidation sites excluding steroid dienone is 2. The Kier molecular flexibility index (Phi) is 2.81. The molecule has 0 spiro atoms. The zero-order chi connectivity index (χ0) is 11.7. The molecule has 2 aliphatic carbocycles. The van der Waals surface area contributed by atoms with Crippen LogP contribution in [0.25, 0.3) is 0 Å². The topological polar surface area (TPSA) is 59.3 Å². The first kappa shape index (κ1) is 10.7. The average molecular weight is 233 g/mol. The summed E-state index contributed by atoms with van der Waals surface area (Å²) in [4.78, 5) is 0. The second-order valence-electron chi connectivity index (χ2n) is 4.86. The highest BCUT2D eigenvalue weighted by atomic mass is 16.5. The zero-order valence-corrected chi connectivity index (χ0v) is 9.91. The van der Waals surface area contributed by atoms with Gasteiger partial charge in [0.2, 0.25) is 0 Å². The monoisotopic (exact) mass is 233 g/mol. The fraction of sp³-hybridized carbons (Fsp3) is 0.538. The summed E-state index contributed by atoms with van der Waals surface area (Å²) in [6, 6.07) is 0. The molecule has 1 fully saturated rings. The van der Waals surface area contributed by atoms with Crippen LogP contribution in [0.2, 0.25) is 0 Å². The van der Waals surface area contributed by atoms with Gasteiger partial charge in [0, 0.05) is 0 Å². The molecule has 0 bridgehead atoms. The molecule has 4 nitrogen and oxygen atoms in total. The van der Waals surface area contributed by atoms with Crippen molar-refractivity contribution in [1.29, 1.82) is 0 Å². The molecule has 4 N–H and O–H groups in total. The van der Waals surface area contributed by atoms with Crippen LogP contribution in [0.15, 0.2) is 35.3 Å². The molecule has 0 saturated heterocycles. The van der Waals surface area contributed by atoms with Crippen molar-refractivity contribution in [3.63, 3.8) is 0 Å². The summed E-state index contributed by atoms with van der Waals surface area (Å²) in [7, 11) is 0. The number of rotatable bonds is 2. The number of hydrazine groups is 1. The normalized spacial score (nSPS) is 28.5. The van der Waals surface area contributed by atoms with E-state index in [1.54, 1.807) is 0 Å². The quantitative estimate of drug-likeness (QED) is 0.675. The van der Waals surface area contributed by atoms with Gasteiger partial charge in [-0.3, -0.25) is 10.9 Å². The third-order valence-corrected chi connectivity index (χ3v) is 3.64. The highest BCUT2D eigenvalue weighted by Gasteiger charge is 2.29. The maximum atomic E-state index is 6.17. The molecule has 0 aromatic heterocycles. The predicted octanol–water partition coefficient (Wildman–Crippen LogP) is 1.44. The molecule has 0 radical (unpaired) electrons. The Morgan fingerprint density at radius 2 is 2.00 bits per heavy atom. The summed E-state index contributed by atoms with van der Waals surface area (Å²) in [5, 5.41) is 0. The smallest absolute Gasteiger partial charge is 0.123 e. The van der Waals surface area contributed by atoms with Gasteiger partial charge in [0.15, 0.2) is 0 Å². The molecule has 3 aliphatic rings. The largest absolute Gasteiger partial charge is 0.384 e. The molecule has 1 aliphatic heterocycles. The van der Waals surface area contributed by atoms with Gasteiger partial charge in [0.05, 0.1) is 17.4 Å². The molecule has 17 heavy (non-hydrogen) atoms. The van der Waals surface area contributed by atoms with E-state index in [0.29, 0.717) is 11.9 Å². The molecule has 3 rings (SSSR count). The van der Waals surface area contributed by atoms with Crippen molar-refractivity contribution in [3.8, 4) is 0 Å². The molecule has 1 saturated carbocycles. The second kappa shape index (κ2) is 4.45. The van der Waals surface area contributed by atoms with Crippen LogP contribution in [0.3, 0.4) is 0 Å². The van der Waals surface area contributed by atoms with E-state index in [-0.39, 0.29) is 6.10 Å². The highest BCUT2D eigenvalue weighted by Crippen LogP contribution is 2.29. The fourth-order valence-electron chi connectivity index (χ4n) is 2.72. The van der Waals surface area contributed by atoms with Gasteiger partial charge in [-0.1, -0.05) is 31.4 Å². The molecule has 1 atom stereocenters. The van der Waals surface area contributed by atoms with E-state index >= 15 is 0 Å². The lowest BCUT2D eigenvalue weighted by atomic mass is 9.96. The van der Waals surface area contributed by atoms with Crippen LogP contribution >= 0.6 is 0 Å². The lowest BCUT2D eigenvalue weighted by Crippen LogP contribution is -2.27. The predicted molar refractivity (Wildman–Crippen MR) is 66.5 cm³/mol. The van der Waals surface area contributed by atoms with Gasteiger partial charge in [-0.15, -0.1) is 0 Å². The van der Waals surface area contributed by atoms with Gasteiger partial charge >= 0.3 is 0 Å². The third-order valence-electron chi connectivity index (χ3n) is 3.64. The van der Waals surface area contributed by atoms with Gasteiger partial charge in [-0.25, -0.2) is 0 Å². The van der Waals surface area contributed by atoms with E-state index in [2.05, 4.69) is 16.9 Å². The molecule has 1 unspecified atom stereocenters. The summed E-state index contributed by atoms with van der Waals surface area (Å²) in [6.45, 7) is 0. The molecular formula is C13H19N3O. The highest BCUT2D eigenvalue weighted by molar-refractivity contribution is 5.46. The molecular weight excluding hydrogens is 214 g/mol. The van der Waals surface area contributed by atoms with E-state index in [1.165, 1.54) is 32.1 Å². The van der Waals surface area contributed by atoms with Crippen molar-refractivity contribution in [2.24, 2.45) is 5.73 Å². The number of ether oxygens (including phenoxy) is 1. The van der Waals surface area contributed by atoms with Gasteiger partial charge in [-0.05, 0) is 18.9 Å². The van der Waals surface area contributed by atoms with Crippen LogP contribution in [0, 0.1) is 0 Å². The first-order valence-corrected chi connectivity index (χ1v) is 6.40. The van der Waals surface area contributed by atoms with Crippen LogP contribution in [0.5, 0.6) is 0 Å². The number of hydrogen-bond acceptors (Lipinski definition) is 4. The number of hydrogen-bond donors (Lipinski definition) is 3. The Bertz CT molecular complexity index is 391. The van der Waals surface area contributed by atoms with E-state index in [0.717, 1.165) is 11.3 Å². The maximum Gasteiger partial charge on any atom is 0.123 e. The van der Waals surface area contributed by atoms with Gasteiger partial charge < -0.3 is 10.5 Å². The number of nitrogens with two attached hydrogens (primary N) is 1. The van der Waals surface area contributed by atoms with Crippen molar-refractivity contribution in [3.05, 3.63) is 35.3 Å². The molecule has 4 heteroatoms. The van der Waals surface area contributed by atoms with Crippen LogP contribution < -0.4 is 16.6 Å². The molecule has 1 heterocycles. The minimum atomic E-state index is 0.000556. The van der Waals surface area contributed by atoms with Crippen molar-refractivity contribution in [2.75, 3.05) is 0 Å². The van der Waals surface area contributed by atoms with Crippen molar-refractivity contribution >= 4 is 0 Å². The summed E-state index contributed by atoms with van der Waals surface area (Å²) >= 11 is 0. The van der Waals surface area contributed by atoms with Gasteiger partial charge in [0.25, 0.3) is 0 Å². The van der Waals surface area contributed by atoms with Crippen molar-refractivity contribution < 1.29 is 4.74 Å². The SMILES string of the molecule is NC1=C2C(=CC=CC2OC2CCCCC2)NN1. The standard InChI is InChI=1S/C13H19N3O/c14-13-12-10(15-16-13)7-4-8-11(12)17-9-5-2-1-3-6-9/h4,7-9,11,15-16H,1-3,5-6,14H2. The van der Waals surface area contributed by atoms with E-state index < -0.39 is 0 Å². The lowest BCUT2D eigenvalue weighted by molar-refractivity contribution is 0.00907. The first-order chi connectivity index (χ1) is 8.34. The fourth-order valence-corrected chi connectivity index (χ4v) is 2.72. The second-order valence-corrected chi connectivity index (χ2v) is 4.86. The van der Waals surface area contributed by atoms with Crippen molar-refractivity contribution in [2.45, 2.75) is 44.3 Å². The Hall–Kier alpha value is -1.42. The van der Waals surface area contributed by atoms with Crippen LogP contribution in [-0.4, -0.2) is 12.2 Å². The van der Waals surface area contributed by atoms with E-state index in [1.807, 2.05) is 12.2 Å². The summed E-state index contributed by atoms with van der Waals surface area (Å²) in [5.74, 6) is 0.682. The Labute approximate surface area is 102 Å². The van der Waals surface area contributed by atoms with E-state index in [4.69, 9.17) is 10.5 Å². The van der Waals surface area contributed by atoms with Crippen LogP contribution in [0.1, 0.15) is 32.1 Å². The zero-order valence-electron chi connectivity index (χ0n) is 9.91. The number of nitrogens with one attached hydrogen (secondary N) is 2. The minimum absolute atomic E-state index is 0.000556. The minimum Gasteiger partial charge on any atom is -0.384 e.